The summed E-state index contributed by atoms with van der Waals surface area (Å²) in [6.45, 7) is 19.6. The fourth-order valence-electron chi connectivity index (χ4n) is 3.80. The molecule has 0 aliphatic heterocycles. The van der Waals surface area contributed by atoms with Crippen molar-refractivity contribution in [2.45, 2.75) is 115 Å². The molecule has 0 atom stereocenters. The Kier molecular flexibility index (Phi) is 29.3. The molecule has 0 spiro atoms. The standard InChI is InChI=1S/C10H14N2O2.C9H12N2O2.C9H11NO2.C8H11N.CO2.3CH4/c1-6(2)9-11-7(3)5-8(12-9)10(13)14-4;1-5(2)8-10-6(3)4-7(11-8)9(12)13;1-6(2)8-5-10-4-3-7(8)9(11)12;1-7(2)8-5-3-4-6-9-8;2-1-3;;;/h5-6H,1-4H3;4-5H,1-3H3,(H,12,13);3-6H,1-2H3,(H,11,12);3-7H,1-2H3;;3*1H4. The Bertz CT molecular complexity index is 1720. The van der Waals surface area contributed by atoms with Crippen molar-refractivity contribution in [2.24, 2.45) is 0 Å². The van der Waals surface area contributed by atoms with Crippen LogP contribution in [0.15, 0.2) is 55.0 Å². The number of aromatic carboxylic acids is 2. The SMILES string of the molecule is C.C.C.CC(C)c1ccccn1.CC(C)c1cnccc1C(=O)O.COC(=O)c1cc(C)nc(C(C)C)n1.Cc1cc(C(=O)O)nc(C(C)C)n1.O=C=O. The summed E-state index contributed by atoms with van der Waals surface area (Å²) >= 11 is 0. The molecule has 4 aromatic heterocycles. The van der Waals surface area contributed by atoms with E-state index in [0.717, 1.165) is 17.0 Å². The first-order valence-electron chi connectivity index (χ1n) is 16.0. The van der Waals surface area contributed by atoms with Crippen molar-refractivity contribution in [3.8, 4) is 0 Å². The van der Waals surface area contributed by atoms with Crippen LogP contribution in [0.25, 0.3) is 0 Å². The van der Waals surface area contributed by atoms with Gasteiger partial charge in [-0.15, -0.1) is 0 Å². The number of aromatic nitrogens is 6. The van der Waals surface area contributed by atoms with Gasteiger partial charge in [0.15, 0.2) is 11.4 Å². The number of pyridine rings is 2. The second-order valence-electron chi connectivity index (χ2n) is 12.0. The molecule has 0 saturated carbocycles. The molecule has 0 amide bonds. The van der Waals surface area contributed by atoms with Crippen molar-refractivity contribution < 1.29 is 38.9 Å². The van der Waals surface area contributed by atoms with Gasteiger partial charge in [0, 0.05) is 47.5 Å². The maximum Gasteiger partial charge on any atom is 0.373 e. The summed E-state index contributed by atoms with van der Waals surface area (Å²) in [4.78, 5) is 73.3. The monoisotopic (exact) mass is 752 g/mol. The molecule has 2 N–H and O–H groups in total. The number of ether oxygens (including phenoxy) is 1. The van der Waals surface area contributed by atoms with Gasteiger partial charge in [0.2, 0.25) is 0 Å². The summed E-state index contributed by atoms with van der Waals surface area (Å²) in [6.07, 6.45) is 5.18. The number of aryl methyl sites for hydroxylation is 2. The summed E-state index contributed by atoms with van der Waals surface area (Å²) < 4.78 is 4.60. The Labute approximate surface area is 320 Å². The number of hydrogen-bond donors (Lipinski definition) is 2. The molecular formula is C40H60N6O8. The van der Waals surface area contributed by atoms with E-state index in [4.69, 9.17) is 19.8 Å². The minimum atomic E-state index is -1.01. The summed E-state index contributed by atoms with van der Waals surface area (Å²) in [5.41, 5.74) is 4.16. The van der Waals surface area contributed by atoms with Gasteiger partial charge in [-0.2, -0.15) is 9.59 Å². The first-order chi connectivity index (χ1) is 23.9. The zero-order valence-corrected chi connectivity index (χ0v) is 31.0. The van der Waals surface area contributed by atoms with Gasteiger partial charge in [0.25, 0.3) is 0 Å². The third-order valence-corrected chi connectivity index (χ3v) is 6.37. The Balaban J connectivity index is -0.000000298. The molecule has 0 radical (unpaired) electrons. The molecular weight excluding hydrogens is 692 g/mol. The van der Waals surface area contributed by atoms with Crippen LogP contribution in [0.1, 0.15) is 167 Å². The van der Waals surface area contributed by atoms with Crippen molar-refractivity contribution >= 4 is 24.1 Å². The van der Waals surface area contributed by atoms with Crippen molar-refractivity contribution in [3.05, 3.63) is 106 Å². The zero-order chi connectivity index (χ0) is 39.3. The Morgan fingerprint density at radius 2 is 1.15 bits per heavy atom. The quantitative estimate of drug-likeness (QED) is 0.169. The molecule has 0 aromatic carbocycles. The number of methoxy groups -OCH3 is 1. The van der Waals surface area contributed by atoms with Crippen molar-refractivity contribution in [1.82, 2.24) is 29.9 Å². The zero-order valence-electron chi connectivity index (χ0n) is 31.0. The highest BCUT2D eigenvalue weighted by atomic mass is 16.5. The summed E-state index contributed by atoms with van der Waals surface area (Å²) in [6, 6.07) is 10.6. The van der Waals surface area contributed by atoms with E-state index in [0.29, 0.717) is 34.5 Å². The van der Waals surface area contributed by atoms with E-state index in [1.807, 2.05) is 72.9 Å². The fraction of sp³-hybridized carbons (Fsp3) is 0.450. The highest BCUT2D eigenvalue weighted by Crippen LogP contribution is 2.17. The van der Waals surface area contributed by atoms with Gasteiger partial charge in [-0.25, -0.2) is 34.3 Å². The maximum absolute atomic E-state index is 11.2. The molecule has 54 heavy (non-hydrogen) atoms. The molecule has 0 aliphatic rings. The van der Waals surface area contributed by atoms with Gasteiger partial charge in [-0.3, -0.25) is 9.97 Å². The third kappa shape index (κ3) is 20.9. The summed E-state index contributed by atoms with van der Waals surface area (Å²) in [5.74, 6) is 0.0426. The molecule has 14 heteroatoms. The average Bonchev–Trinajstić information content (AvgIpc) is 3.08. The molecule has 0 bridgehead atoms. The number of carboxylic acid groups (broad SMARTS) is 2. The van der Waals surface area contributed by atoms with Gasteiger partial charge < -0.3 is 14.9 Å². The molecule has 0 aliphatic carbocycles. The van der Waals surface area contributed by atoms with Crippen LogP contribution in [0.5, 0.6) is 0 Å². The molecule has 0 saturated heterocycles. The molecule has 14 nitrogen and oxygen atoms in total. The Hall–Kier alpha value is -5.75. The van der Waals surface area contributed by atoms with E-state index in [1.54, 1.807) is 19.2 Å². The molecule has 0 unspecified atom stereocenters. The van der Waals surface area contributed by atoms with E-state index in [1.165, 1.54) is 25.4 Å². The largest absolute Gasteiger partial charge is 0.478 e. The minimum absolute atomic E-state index is 0. The highest BCUT2D eigenvalue weighted by Gasteiger charge is 2.13. The van der Waals surface area contributed by atoms with E-state index >= 15 is 0 Å². The number of hydrogen-bond acceptors (Lipinski definition) is 12. The van der Waals surface area contributed by atoms with E-state index in [2.05, 4.69) is 48.5 Å². The first kappa shape index (κ1) is 55.0. The van der Waals surface area contributed by atoms with Gasteiger partial charge in [-0.05, 0) is 61.6 Å². The topological polar surface area (TPSA) is 212 Å². The predicted octanol–water partition coefficient (Wildman–Crippen LogP) is 8.73. The first-order valence-corrected chi connectivity index (χ1v) is 16.0. The van der Waals surface area contributed by atoms with Crippen LogP contribution in [0.3, 0.4) is 0 Å². The van der Waals surface area contributed by atoms with Gasteiger partial charge in [0.05, 0.1) is 12.7 Å². The predicted molar refractivity (Wildman–Crippen MR) is 209 cm³/mol. The Morgan fingerprint density at radius 3 is 1.48 bits per heavy atom. The summed E-state index contributed by atoms with van der Waals surface area (Å²) in [7, 11) is 1.34. The number of carbonyl (C=O) groups excluding carboxylic acids is 3. The van der Waals surface area contributed by atoms with Crippen LogP contribution < -0.4 is 0 Å². The highest BCUT2D eigenvalue weighted by molar-refractivity contribution is 5.89. The second-order valence-corrected chi connectivity index (χ2v) is 12.0. The van der Waals surface area contributed by atoms with Crippen molar-refractivity contribution in [1.29, 1.82) is 0 Å². The van der Waals surface area contributed by atoms with E-state index < -0.39 is 17.9 Å². The van der Waals surface area contributed by atoms with Crippen molar-refractivity contribution in [2.75, 3.05) is 7.11 Å². The van der Waals surface area contributed by atoms with E-state index in [-0.39, 0.29) is 51.9 Å². The molecule has 0 fully saturated rings. The van der Waals surface area contributed by atoms with E-state index in [9.17, 15) is 14.4 Å². The summed E-state index contributed by atoms with van der Waals surface area (Å²) in [5, 5.41) is 17.5. The van der Waals surface area contributed by atoms with Crippen LogP contribution in [-0.2, 0) is 14.3 Å². The molecule has 298 valence electrons. The lowest BCUT2D eigenvalue weighted by Gasteiger charge is -2.07. The van der Waals surface area contributed by atoms with Gasteiger partial charge in [-0.1, -0.05) is 83.7 Å². The van der Waals surface area contributed by atoms with Gasteiger partial charge in [0.1, 0.15) is 11.6 Å². The molecule has 4 aromatic rings. The number of carbonyl (C=O) groups is 3. The minimum Gasteiger partial charge on any atom is -0.478 e. The van der Waals surface area contributed by atoms with Crippen LogP contribution in [0.2, 0.25) is 0 Å². The lowest BCUT2D eigenvalue weighted by Crippen LogP contribution is -2.09. The van der Waals surface area contributed by atoms with Crippen LogP contribution in [0, 0.1) is 13.8 Å². The normalized spacial score (nSPS) is 9.31. The lowest BCUT2D eigenvalue weighted by atomic mass is 10.00. The maximum atomic E-state index is 11.2. The molecule has 4 rings (SSSR count). The third-order valence-electron chi connectivity index (χ3n) is 6.37. The van der Waals surface area contributed by atoms with Crippen LogP contribution >= 0.6 is 0 Å². The number of esters is 1. The fourth-order valence-corrected chi connectivity index (χ4v) is 3.80. The molecule has 4 heterocycles. The van der Waals surface area contributed by atoms with Crippen LogP contribution in [-0.4, -0.2) is 71.3 Å². The Morgan fingerprint density at radius 1 is 0.667 bits per heavy atom. The number of nitrogens with zero attached hydrogens (tertiary/aromatic N) is 6. The lowest BCUT2D eigenvalue weighted by molar-refractivity contribution is -0.191. The number of carboxylic acids is 2. The number of rotatable bonds is 7. The smallest absolute Gasteiger partial charge is 0.373 e. The van der Waals surface area contributed by atoms with Gasteiger partial charge >= 0.3 is 24.1 Å². The average molecular weight is 753 g/mol. The second kappa shape index (κ2) is 28.8. The van der Waals surface area contributed by atoms with Crippen LogP contribution in [0.4, 0.5) is 0 Å². The van der Waals surface area contributed by atoms with Crippen molar-refractivity contribution in [3.63, 3.8) is 0 Å².